The summed E-state index contributed by atoms with van der Waals surface area (Å²) in [5.41, 5.74) is 5.84. The van der Waals surface area contributed by atoms with E-state index in [4.69, 9.17) is 10.5 Å². The van der Waals surface area contributed by atoms with Gasteiger partial charge < -0.3 is 10.5 Å². The molecular formula is C11H17F2NOS. The minimum Gasteiger partial charge on any atom is -0.375 e. The van der Waals surface area contributed by atoms with Crippen molar-refractivity contribution in [2.24, 2.45) is 5.73 Å². The second-order valence-corrected chi connectivity index (χ2v) is 4.67. The molecule has 0 aromatic carbocycles. The van der Waals surface area contributed by atoms with E-state index < -0.39 is 13.0 Å². The molecule has 0 bridgehead atoms. The van der Waals surface area contributed by atoms with Crippen molar-refractivity contribution in [3.63, 3.8) is 0 Å². The molecule has 1 aromatic heterocycles. The van der Waals surface area contributed by atoms with Crippen molar-refractivity contribution in [1.29, 1.82) is 0 Å². The predicted octanol–water partition coefficient (Wildman–Crippen LogP) is 2.68. The van der Waals surface area contributed by atoms with Crippen LogP contribution in [0, 0.1) is 0 Å². The van der Waals surface area contributed by atoms with E-state index in [1.807, 2.05) is 11.4 Å². The van der Waals surface area contributed by atoms with Gasteiger partial charge in [-0.25, -0.2) is 8.78 Å². The Labute approximate surface area is 98.4 Å². The van der Waals surface area contributed by atoms with E-state index in [-0.39, 0.29) is 6.04 Å². The molecule has 2 nitrogen and oxygen atoms in total. The molecule has 0 aliphatic carbocycles. The van der Waals surface area contributed by atoms with Crippen LogP contribution in [0.5, 0.6) is 0 Å². The molecule has 0 fully saturated rings. The third-order valence-electron chi connectivity index (χ3n) is 2.22. The first-order valence-electron chi connectivity index (χ1n) is 5.32. The molecule has 0 aliphatic heterocycles. The van der Waals surface area contributed by atoms with E-state index in [1.165, 1.54) is 4.88 Å². The quantitative estimate of drug-likeness (QED) is 0.719. The molecule has 1 unspecified atom stereocenters. The number of hydrogen-bond acceptors (Lipinski definition) is 3. The first-order valence-corrected chi connectivity index (χ1v) is 6.20. The number of alkyl halides is 2. The summed E-state index contributed by atoms with van der Waals surface area (Å²) in [5, 5.41) is 2.03. The summed E-state index contributed by atoms with van der Waals surface area (Å²) in [6, 6.07) is 4.11. The number of aryl methyl sites for hydroxylation is 1. The summed E-state index contributed by atoms with van der Waals surface area (Å²) < 4.78 is 28.3. The van der Waals surface area contributed by atoms with Crippen LogP contribution in [-0.4, -0.2) is 25.7 Å². The van der Waals surface area contributed by atoms with Crippen molar-refractivity contribution in [3.05, 3.63) is 22.4 Å². The number of halogens is 2. The van der Waals surface area contributed by atoms with Crippen LogP contribution in [-0.2, 0) is 11.2 Å². The van der Waals surface area contributed by atoms with Gasteiger partial charge in [-0.3, -0.25) is 0 Å². The molecule has 1 atom stereocenters. The van der Waals surface area contributed by atoms with Crippen molar-refractivity contribution >= 4 is 11.3 Å². The molecule has 2 N–H and O–H groups in total. The number of rotatable bonds is 8. The summed E-state index contributed by atoms with van der Waals surface area (Å²) in [6.07, 6.45) is 0.0759. The minimum atomic E-state index is -2.39. The van der Waals surface area contributed by atoms with Gasteiger partial charge in [0.15, 0.2) is 0 Å². The Balaban J connectivity index is 2.00. The number of hydrogen-bond donors (Lipinski definition) is 1. The minimum absolute atomic E-state index is 0.0276. The molecule has 5 heteroatoms. The lowest BCUT2D eigenvalue weighted by Gasteiger charge is -2.10. The lowest BCUT2D eigenvalue weighted by atomic mass is 10.1. The maximum Gasteiger partial charge on any atom is 0.261 e. The zero-order chi connectivity index (χ0) is 11.8. The van der Waals surface area contributed by atoms with Gasteiger partial charge in [0.05, 0.1) is 0 Å². The van der Waals surface area contributed by atoms with Gasteiger partial charge in [-0.15, -0.1) is 11.3 Å². The largest absolute Gasteiger partial charge is 0.375 e. The van der Waals surface area contributed by atoms with E-state index in [0.29, 0.717) is 13.0 Å². The van der Waals surface area contributed by atoms with E-state index >= 15 is 0 Å². The molecule has 0 saturated carbocycles. The van der Waals surface area contributed by atoms with Crippen LogP contribution in [0.25, 0.3) is 0 Å². The van der Waals surface area contributed by atoms with Crippen LogP contribution in [0.1, 0.15) is 17.7 Å². The van der Waals surface area contributed by atoms with Crippen molar-refractivity contribution in [3.8, 4) is 0 Å². The fraction of sp³-hybridized carbons (Fsp3) is 0.636. The SMILES string of the molecule is NC(CCOCC(F)F)CCc1cccs1. The summed E-state index contributed by atoms with van der Waals surface area (Å²) in [7, 11) is 0. The molecule has 0 aliphatic rings. The molecule has 0 amide bonds. The number of nitrogens with two attached hydrogens (primary N) is 1. The summed E-state index contributed by atoms with van der Waals surface area (Å²) >= 11 is 1.71. The molecule has 0 radical (unpaired) electrons. The van der Waals surface area contributed by atoms with Gasteiger partial charge in [-0.2, -0.15) is 0 Å². The van der Waals surface area contributed by atoms with E-state index in [2.05, 4.69) is 6.07 Å². The van der Waals surface area contributed by atoms with Crippen molar-refractivity contribution < 1.29 is 13.5 Å². The fourth-order valence-corrected chi connectivity index (χ4v) is 2.06. The summed E-state index contributed by atoms with van der Waals surface area (Å²) in [6.45, 7) is -0.173. The molecule has 0 saturated heterocycles. The van der Waals surface area contributed by atoms with Crippen LogP contribution in [0.3, 0.4) is 0 Å². The first-order chi connectivity index (χ1) is 7.68. The maximum absolute atomic E-state index is 11.7. The average Bonchev–Trinajstić information content (AvgIpc) is 2.74. The Morgan fingerprint density at radius 1 is 1.38 bits per heavy atom. The smallest absolute Gasteiger partial charge is 0.261 e. The lowest BCUT2D eigenvalue weighted by molar-refractivity contribution is 0.0151. The summed E-state index contributed by atoms with van der Waals surface area (Å²) in [4.78, 5) is 1.31. The third-order valence-corrected chi connectivity index (χ3v) is 3.15. The number of ether oxygens (including phenoxy) is 1. The van der Waals surface area contributed by atoms with Crippen molar-refractivity contribution in [2.75, 3.05) is 13.2 Å². The summed E-state index contributed by atoms with van der Waals surface area (Å²) in [5.74, 6) is 0. The highest BCUT2D eigenvalue weighted by atomic mass is 32.1. The Morgan fingerprint density at radius 3 is 2.81 bits per heavy atom. The van der Waals surface area contributed by atoms with Crippen LogP contribution in [0.15, 0.2) is 17.5 Å². The third kappa shape index (κ3) is 6.15. The Hall–Kier alpha value is -0.520. The van der Waals surface area contributed by atoms with Crippen LogP contribution in [0.2, 0.25) is 0 Å². The molecule has 1 rings (SSSR count). The Bertz CT molecular complexity index is 267. The zero-order valence-electron chi connectivity index (χ0n) is 9.07. The normalized spacial score (nSPS) is 13.2. The molecule has 1 heterocycles. The second kappa shape index (κ2) is 7.70. The van der Waals surface area contributed by atoms with Crippen molar-refractivity contribution in [1.82, 2.24) is 0 Å². The van der Waals surface area contributed by atoms with E-state index in [1.54, 1.807) is 11.3 Å². The maximum atomic E-state index is 11.7. The monoisotopic (exact) mass is 249 g/mol. The molecule has 16 heavy (non-hydrogen) atoms. The Kier molecular flexibility index (Phi) is 6.52. The highest BCUT2D eigenvalue weighted by Crippen LogP contribution is 2.12. The van der Waals surface area contributed by atoms with Gasteiger partial charge in [0, 0.05) is 17.5 Å². The van der Waals surface area contributed by atoms with Crippen molar-refractivity contribution in [2.45, 2.75) is 31.7 Å². The van der Waals surface area contributed by atoms with Gasteiger partial charge in [-0.05, 0) is 30.7 Å². The average molecular weight is 249 g/mol. The molecular weight excluding hydrogens is 232 g/mol. The number of thiophene rings is 1. The first kappa shape index (κ1) is 13.5. The highest BCUT2D eigenvalue weighted by Gasteiger charge is 2.06. The molecule has 1 aromatic rings. The van der Waals surface area contributed by atoms with Gasteiger partial charge in [0.2, 0.25) is 0 Å². The highest BCUT2D eigenvalue weighted by molar-refractivity contribution is 7.09. The molecule has 0 spiro atoms. The lowest BCUT2D eigenvalue weighted by Crippen LogP contribution is -2.23. The van der Waals surface area contributed by atoms with Crippen LogP contribution in [0.4, 0.5) is 8.78 Å². The van der Waals surface area contributed by atoms with Gasteiger partial charge >= 0.3 is 0 Å². The topological polar surface area (TPSA) is 35.2 Å². The van der Waals surface area contributed by atoms with E-state index in [0.717, 1.165) is 12.8 Å². The fourth-order valence-electron chi connectivity index (χ4n) is 1.33. The van der Waals surface area contributed by atoms with Gasteiger partial charge in [0.1, 0.15) is 6.61 Å². The zero-order valence-corrected chi connectivity index (χ0v) is 9.89. The van der Waals surface area contributed by atoms with Crippen LogP contribution >= 0.6 is 11.3 Å². The van der Waals surface area contributed by atoms with Gasteiger partial charge in [0.25, 0.3) is 6.43 Å². The van der Waals surface area contributed by atoms with Gasteiger partial charge in [-0.1, -0.05) is 6.07 Å². The predicted molar refractivity (Wildman–Crippen MR) is 62.1 cm³/mol. The second-order valence-electron chi connectivity index (χ2n) is 3.63. The molecule has 92 valence electrons. The standard InChI is InChI=1S/C11H17F2NOS/c12-11(13)8-15-6-5-9(14)3-4-10-2-1-7-16-10/h1-2,7,9,11H,3-6,8,14H2. The Morgan fingerprint density at radius 2 is 2.19 bits per heavy atom. The van der Waals surface area contributed by atoms with Crippen LogP contribution < -0.4 is 5.73 Å². The van der Waals surface area contributed by atoms with E-state index in [9.17, 15) is 8.78 Å².